The molecule has 5 heteroatoms. The number of amides is 1. The summed E-state index contributed by atoms with van der Waals surface area (Å²) < 4.78 is 16.3. The van der Waals surface area contributed by atoms with E-state index in [2.05, 4.69) is 5.32 Å². The van der Waals surface area contributed by atoms with Gasteiger partial charge in [0.15, 0.2) is 11.5 Å². The van der Waals surface area contributed by atoms with Crippen molar-refractivity contribution in [1.29, 1.82) is 0 Å². The Morgan fingerprint density at radius 1 is 1.17 bits per heavy atom. The molecule has 1 aliphatic rings. The van der Waals surface area contributed by atoms with Gasteiger partial charge in [-0.3, -0.25) is 4.79 Å². The van der Waals surface area contributed by atoms with Crippen LogP contribution in [0.3, 0.4) is 0 Å². The fourth-order valence-electron chi connectivity index (χ4n) is 2.49. The van der Waals surface area contributed by atoms with Gasteiger partial charge >= 0.3 is 0 Å². The van der Waals surface area contributed by atoms with Crippen molar-refractivity contribution in [2.45, 2.75) is 19.4 Å². The monoisotopic (exact) mass is 327 g/mol. The summed E-state index contributed by atoms with van der Waals surface area (Å²) in [5.74, 6) is 1.17. The quantitative estimate of drug-likeness (QED) is 0.793. The van der Waals surface area contributed by atoms with Gasteiger partial charge in [-0.15, -0.1) is 0 Å². The Bertz CT molecular complexity index is 687. The van der Waals surface area contributed by atoms with Crippen molar-refractivity contribution in [2.75, 3.05) is 19.9 Å². The zero-order valence-electron chi connectivity index (χ0n) is 13.7. The molecular formula is C19H21NO4. The lowest BCUT2D eigenvalue weighted by molar-refractivity contribution is 0.0635. The van der Waals surface area contributed by atoms with Crippen molar-refractivity contribution in [3.8, 4) is 11.5 Å². The Hall–Kier alpha value is -2.53. The van der Waals surface area contributed by atoms with Crippen LogP contribution in [0, 0.1) is 0 Å². The Balaban J connectivity index is 1.38. The van der Waals surface area contributed by atoms with E-state index in [4.69, 9.17) is 14.2 Å². The smallest absolute Gasteiger partial charge is 0.251 e. The third-order valence-corrected chi connectivity index (χ3v) is 3.88. The lowest BCUT2D eigenvalue weighted by atomic mass is 10.1. The molecule has 2 aromatic rings. The van der Waals surface area contributed by atoms with Crippen LogP contribution in [-0.4, -0.2) is 25.9 Å². The first-order valence-corrected chi connectivity index (χ1v) is 8.08. The molecule has 1 amide bonds. The highest BCUT2D eigenvalue weighted by Crippen LogP contribution is 2.32. The fraction of sp³-hybridized carbons (Fsp3) is 0.316. The predicted octanol–water partition coefficient (Wildman–Crippen LogP) is 3.31. The summed E-state index contributed by atoms with van der Waals surface area (Å²) in [5, 5.41) is 2.89. The second-order valence-corrected chi connectivity index (χ2v) is 5.60. The Morgan fingerprint density at radius 3 is 2.79 bits per heavy atom. The normalized spacial score (nSPS) is 13.5. The molecule has 0 saturated carbocycles. The first kappa shape index (κ1) is 16.3. The maximum Gasteiger partial charge on any atom is 0.251 e. The molecule has 0 aromatic heterocycles. The van der Waals surface area contributed by atoms with E-state index in [-0.39, 0.29) is 18.8 Å². The van der Waals surface area contributed by atoms with Crippen LogP contribution in [0.4, 0.5) is 0 Å². The molecule has 0 fully saturated rings. The number of ether oxygens (including phenoxy) is 3. The molecule has 0 spiro atoms. The van der Waals surface area contributed by atoms with Gasteiger partial charge in [0.2, 0.25) is 6.79 Å². The molecule has 3 rings (SSSR count). The number of benzene rings is 2. The highest BCUT2D eigenvalue weighted by Gasteiger charge is 2.15. The van der Waals surface area contributed by atoms with E-state index in [1.54, 1.807) is 18.2 Å². The zero-order valence-corrected chi connectivity index (χ0v) is 13.7. The average molecular weight is 327 g/mol. The highest BCUT2D eigenvalue weighted by atomic mass is 16.7. The lowest BCUT2D eigenvalue weighted by Gasteiger charge is -2.13. The topological polar surface area (TPSA) is 56.8 Å². The number of hydrogen-bond acceptors (Lipinski definition) is 4. The van der Waals surface area contributed by atoms with E-state index in [1.807, 2.05) is 37.3 Å². The molecule has 126 valence electrons. The van der Waals surface area contributed by atoms with Gasteiger partial charge in [-0.05, 0) is 37.1 Å². The van der Waals surface area contributed by atoms with Gasteiger partial charge in [0.1, 0.15) is 0 Å². The van der Waals surface area contributed by atoms with Crippen LogP contribution in [-0.2, 0) is 4.74 Å². The molecule has 1 aliphatic heterocycles. The fourth-order valence-corrected chi connectivity index (χ4v) is 2.49. The van der Waals surface area contributed by atoms with E-state index >= 15 is 0 Å². The maximum atomic E-state index is 12.1. The van der Waals surface area contributed by atoms with Crippen molar-refractivity contribution < 1.29 is 19.0 Å². The minimum absolute atomic E-state index is 0.0516. The largest absolute Gasteiger partial charge is 0.454 e. The number of rotatable bonds is 7. The van der Waals surface area contributed by atoms with Crippen molar-refractivity contribution in [2.24, 2.45) is 0 Å². The van der Waals surface area contributed by atoms with Crippen molar-refractivity contribution in [3.05, 3.63) is 59.7 Å². The third kappa shape index (κ3) is 4.06. The summed E-state index contributed by atoms with van der Waals surface area (Å²) in [6.45, 7) is 3.39. The molecule has 5 nitrogen and oxygen atoms in total. The van der Waals surface area contributed by atoms with Gasteiger partial charge in [0.25, 0.3) is 5.91 Å². The molecule has 1 atom stereocenters. The van der Waals surface area contributed by atoms with Crippen LogP contribution in [0.25, 0.3) is 0 Å². The van der Waals surface area contributed by atoms with Gasteiger partial charge in [0, 0.05) is 18.7 Å². The first-order valence-electron chi connectivity index (χ1n) is 8.08. The van der Waals surface area contributed by atoms with E-state index in [9.17, 15) is 4.79 Å². The van der Waals surface area contributed by atoms with Crippen molar-refractivity contribution >= 4 is 5.91 Å². The van der Waals surface area contributed by atoms with Crippen LogP contribution < -0.4 is 14.8 Å². The second-order valence-electron chi connectivity index (χ2n) is 5.60. The standard InChI is InChI=1S/C19H21NO4/c1-14(15-6-3-2-4-7-15)22-11-5-10-20-19(21)16-8-9-17-18(12-16)24-13-23-17/h2-4,6-9,12,14H,5,10-11,13H2,1H3,(H,20,21). The minimum atomic E-state index is -0.121. The lowest BCUT2D eigenvalue weighted by Crippen LogP contribution is -2.25. The molecule has 0 saturated heterocycles. The number of carbonyl (C=O) groups excluding carboxylic acids is 1. The number of carbonyl (C=O) groups is 1. The van der Waals surface area contributed by atoms with Gasteiger partial charge < -0.3 is 19.5 Å². The summed E-state index contributed by atoms with van der Waals surface area (Å²) in [6.07, 6.45) is 0.809. The van der Waals surface area contributed by atoms with Crippen LogP contribution >= 0.6 is 0 Å². The van der Waals surface area contributed by atoms with Crippen LogP contribution in [0.2, 0.25) is 0 Å². The number of hydrogen-bond donors (Lipinski definition) is 1. The van der Waals surface area contributed by atoms with E-state index in [1.165, 1.54) is 0 Å². The summed E-state index contributed by atoms with van der Waals surface area (Å²) in [5.41, 5.74) is 1.72. The van der Waals surface area contributed by atoms with E-state index in [0.717, 1.165) is 12.0 Å². The minimum Gasteiger partial charge on any atom is -0.454 e. The Labute approximate surface area is 141 Å². The Kier molecular flexibility index (Phi) is 5.33. The molecule has 1 unspecified atom stereocenters. The molecular weight excluding hydrogens is 306 g/mol. The molecule has 0 radical (unpaired) electrons. The second kappa shape index (κ2) is 7.84. The molecule has 1 N–H and O–H groups in total. The average Bonchev–Trinajstić information content (AvgIpc) is 3.09. The van der Waals surface area contributed by atoms with Crippen LogP contribution in [0.1, 0.15) is 35.4 Å². The van der Waals surface area contributed by atoms with Gasteiger partial charge in [0.05, 0.1) is 6.10 Å². The molecule has 0 aliphatic carbocycles. The SMILES string of the molecule is CC(OCCCNC(=O)c1ccc2c(c1)OCO2)c1ccccc1. The third-order valence-electron chi connectivity index (χ3n) is 3.88. The van der Waals surface area contributed by atoms with E-state index in [0.29, 0.717) is 30.2 Å². The maximum absolute atomic E-state index is 12.1. The van der Waals surface area contributed by atoms with Gasteiger partial charge in [-0.1, -0.05) is 30.3 Å². The summed E-state index contributed by atoms with van der Waals surface area (Å²) in [7, 11) is 0. The molecule has 24 heavy (non-hydrogen) atoms. The predicted molar refractivity (Wildman–Crippen MR) is 90.3 cm³/mol. The molecule has 1 heterocycles. The summed E-state index contributed by atoms with van der Waals surface area (Å²) in [6, 6.07) is 15.3. The highest BCUT2D eigenvalue weighted by molar-refractivity contribution is 5.94. The number of nitrogens with one attached hydrogen (secondary N) is 1. The number of fused-ring (bicyclic) bond motifs is 1. The van der Waals surface area contributed by atoms with Gasteiger partial charge in [-0.2, -0.15) is 0 Å². The van der Waals surface area contributed by atoms with E-state index < -0.39 is 0 Å². The van der Waals surface area contributed by atoms with Crippen LogP contribution in [0.15, 0.2) is 48.5 Å². The van der Waals surface area contributed by atoms with Crippen LogP contribution in [0.5, 0.6) is 11.5 Å². The zero-order chi connectivity index (χ0) is 16.8. The first-order chi connectivity index (χ1) is 11.7. The molecule has 2 aromatic carbocycles. The van der Waals surface area contributed by atoms with Gasteiger partial charge in [-0.25, -0.2) is 0 Å². The Morgan fingerprint density at radius 2 is 1.96 bits per heavy atom. The summed E-state index contributed by atoms with van der Waals surface area (Å²) in [4.78, 5) is 12.1. The summed E-state index contributed by atoms with van der Waals surface area (Å²) >= 11 is 0. The molecule has 0 bridgehead atoms. The van der Waals surface area contributed by atoms with Crippen molar-refractivity contribution in [1.82, 2.24) is 5.32 Å². The van der Waals surface area contributed by atoms with Crippen molar-refractivity contribution in [3.63, 3.8) is 0 Å².